The summed E-state index contributed by atoms with van der Waals surface area (Å²) >= 11 is 0. The predicted molar refractivity (Wildman–Crippen MR) is 74.2 cm³/mol. The van der Waals surface area contributed by atoms with E-state index in [1.54, 1.807) is 26.0 Å². The summed E-state index contributed by atoms with van der Waals surface area (Å²) in [5.74, 6) is -0.292. The van der Waals surface area contributed by atoms with E-state index in [1.165, 1.54) is 18.2 Å². The first-order valence-electron chi connectivity index (χ1n) is 6.71. The molecule has 0 saturated carbocycles. The third-order valence-corrected chi connectivity index (χ3v) is 3.39. The zero-order valence-corrected chi connectivity index (χ0v) is 12.2. The molecular formula is C16H12F4O3. The van der Waals surface area contributed by atoms with Gasteiger partial charge in [0.1, 0.15) is 5.75 Å². The van der Waals surface area contributed by atoms with E-state index in [0.717, 1.165) is 5.56 Å². The number of ether oxygens (including phenoxy) is 3. The molecule has 0 amide bonds. The normalized spacial score (nSPS) is 15.1. The van der Waals surface area contributed by atoms with Crippen molar-refractivity contribution in [1.29, 1.82) is 0 Å². The third kappa shape index (κ3) is 3.04. The molecule has 1 aliphatic rings. The Hall–Kier alpha value is -2.44. The molecule has 0 aliphatic carbocycles. The van der Waals surface area contributed by atoms with Crippen LogP contribution in [0.4, 0.5) is 17.6 Å². The van der Waals surface area contributed by atoms with E-state index >= 15 is 0 Å². The maximum Gasteiger partial charge on any atom is 0.586 e. The van der Waals surface area contributed by atoms with Gasteiger partial charge in [0.15, 0.2) is 11.5 Å². The Kier molecular flexibility index (Phi) is 3.58. The second-order valence-electron chi connectivity index (χ2n) is 5.16. The molecule has 2 aromatic carbocycles. The molecule has 0 unspecified atom stereocenters. The molecule has 1 aliphatic heterocycles. The first-order chi connectivity index (χ1) is 10.7. The Morgan fingerprint density at radius 3 is 2.26 bits per heavy atom. The van der Waals surface area contributed by atoms with Crippen LogP contribution in [0.2, 0.25) is 0 Å². The molecular weight excluding hydrogens is 316 g/mol. The van der Waals surface area contributed by atoms with Crippen LogP contribution in [0, 0.1) is 13.8 Å². The fourth-order valence-electron chi connectivity index (χ4n) is 2.44. The summed E-state index contributed by atoms with van der Waals surface area (Å²) in [5, 5.41) is 0. The highest BCUT2D eigenvalue weighted by Gasteiger charge is 2.43. The molecule has 1 heterocycles. The van der Waals surface area contributed by atoms with Gasteiger partial charge < -0.3 is 14.2 Å². The lowest BCUT2D eigenvalue weighted by Gasteiger charge is -2.14. The molecule has 0 fully saturated rings. The minimum Gasteiger partial charge on any atom is -0.434 e. The number of rotatable bonds is 3. The van der Waals surface area contributed by atoms with Gasteiger partial charge in [-0.15, -0.1) is 8.78 Å². The van der Waals surface area contributed by atoms with E-state index in [1.807, 2.05) is 0 Å². The first kappa shape index (κ1) is 15.5. The number of aryl methyl sites for hydroxylation is 2. The van der Waals surface area contributed by atoms with Crippen molar-refractivity contribution in [3.05, 3.63) is 41.5 Å². The van der Waals surface area contributed by atoms with Gasteiger partial charge in [-0.25, -0.2) is 0 Å². The average molecular weight is 328 g/mol. The predicted octanol–water partition coefficient (Wildman–Crippen LogP) is 4.89. The number of hydrogen-bond acceptors (Lipinski definition) is 3. The third-order valence-electron chi connectivity index (χ3n) is 3.39. The highest BCUT2D eigenvalue weighted by atomic mass is 19.3. The lowest BCUT2D eigenvalue weighted by Crippen LogP contribution is -2.25. The maximum absolute atomic E-state index is 13.1. The minimum absolute atomic E-state index is 0.0423. The van der Waals surface area contributed by atoms with Crippen LogP contribution in [0.3, 0.4) is 0 Å². The zero-order valence-electron chi connectivity index (χ0n) is 12.2. The molecule has 7 heteroatoms. The van der Waals surface area contributed by atoms with Crippen molar-refractivity contribution in [3.63, 3.8) is 0 Å². The second kappa shape index (κ2) is 5.33. The van der Waals surface area contributed by atoms with Crippen molar-refractivity contribution in [2.24, 2.45) is 0 Å². The van der Waals surface area contributed by atoms with Gasteiger partial charge in [-0.3, -0.25) is 0 Å². The largest absolute Gasteiger partial charge is 0.586 e. The quantitative estimate of drug-likeness (QED) is 0.751. The topological polar surface area (TPSA) is 27.7 Å². The monoisotopic (exact) mass is 328 g/mol. The van der Waals surface area contributed by atoms with Crippen molar-refractivity contribution in [2.45, 2.75) is 26.8 Å². The fourth-order valence-corrected chi connectivity index (χ4v) is 2.44. The van der Waals surface area contributed by atoms with E-state index in [0.29, 0.717) is 16.7 Å². The molecule has 0 atom stereocenters. The van der Waals surface area contributed by atoms with Gasteiger partial charge in [0.05, 0.1) is 0 Å². The van der Waals surface area contributed by atoms with Crippen LogP contribution in [0.25, 0.3) is 11.1 Å². The van der Waals surface area contributed by atoms with Gasteiger partial charge in [0.25, 0.3) is 0 Å². The molecule has 122 valence electrons. The van der Waals surface area contributed by atoms with Crippen molar-refractivity contribution in [3.8, 4) is 28.4 Å². The van der Waals surface area contributed by atoms with Crippen LogP contribution in [0.5, 0.6) is 17.2 Å². The Balaban J connectivity index is 2.11. The molecule has 0 saturated heterocycles. The molecule has 3 rings (SSSR count). The van der Waals surface area contributed by atoms with Crippen molar-refractivity contribution in [1.82, 2.24) is 0 Å². The Morgan fingerprint density at radius 2 is 1.61 bits per heavy atom. The van der Waals surface area contributed by atoms with Gasteiger partial charge in [0, 0.05) is 5.56 Å². The standard InChI is InChI=1S/C16H12F4O3/c1-8-3-4-12(21-15(17)18)11(5-8)10-7-14-13(6-9(10)2)22-16(19,20)23-14/h3-7,15H,1-2H3. The first-order valence-corrected chi connectivity index (χ1v) is 6.71. The van der Waals surface area contributed by atoms with Crippen LogP contribution in [0.15, 0.2) is 30.3 Å². The van der Waals surface area contributed by atoms with E-state index in [2.05, 4.69) is 14.2 Å². The van der Waals surface area contributed by atoms with Gasteiger partial charge in [-0.1, -0.05) is 11.6 Å². The number of alkyl halides is 4. The molecule has 0 radical (unpaired) electrons. The van der Waals surface area contributed by atoms with Gasteiger partial charge in [0.2, 0.25) is 0 Å². The van der Waals surface area contributed by atoms with E-state index in [-0.39, 0.29) is 17.2 Å². The van der Waals surface area contributed by atoms with Crippen LogP contribution in [-0.2, 0) is 0 Å². The summed E-state index contributed by atoms with van der Waals surface area (Å²) in [7, 11) is 0. The Labute approximate surface area is 129 Å². The van der Waals surface area contributed by atoms with E-state index in [9.17, 15) is 17.6 Å². The molecule has 0 aromatic heterocycles. The van der Waals surface area contributed by atoms with Crippen LogP contribution in [-0.4, -0.2) is 12.9 Å². The van der Waals surface area contributed by atoms with Crippen molar-refractivity contribution in [2.75, 3.05) is 0 Å². The van der Waals surface area contributed by atoms with Crippen LogP contribution < -0.4 is 14.2 Å². The number of fused-ring (bicyclic) bond motifs is 1. The molecule has 2 aromatic rings. The number of halogens is 4. The summed E-state index contributed by atoms with van der Waals surface area (Å²) in [4.78, 5) is 0. The minimum atomic E-state index is -3.73. The lowest BCUT2D eigenvalue weighted by molar-refractivity contribution is -0.286. The summed E-state index contributed by atoms with van der Waals surface area (Å²) in [6, 6.07) is 7.38. The lowest BCUT2D eigenvalue weighted by atomic mass is 9.97. The van der Waals surface area contributed by atoms with E-state index in [4.69, 9.17) is 0 Å². The van der Waals surface area contributed by atoms with Gasteiger partial charge in [-0.05, 0) is 49.2 Å². The SMILES string of the molecule is Cc1ccc(OC(F)F)c(-c2cc3c(cc2C)OC(F)(F)O3)c1. The molecule has 3 nitrogen and oxygen atoms in total. The number of benzene rings is 2. The fraction of sp³-hybridized carbons (Fsp3) is 0.250. The average Bonchev–Trinajstić information content (AvgIpc) is 2.72. The Morgan fingerprint density at radius 1 is 0.957 bits per heavy atom. The second-order valence-corrected chi connectivity index (χ2v) is 5.16. The van der Waals surface area contributed by atoms with Crippen molar-refractivity contribution < 1.29 is 31.8 Å². The highest BCUT2D eigenvalue weighted by molar-refractivity contribution is 5.76. The summed E-state index contributed by atoms with van der Waals surface area (Å²) in [6.45, 7) is 0.450. The highest BCUT2D eigenvalue weighted by Crippen LogP contribution is 2.46. The summed E-state index contributed by atoms with van der Waals surface area (Å²) in [5.41, 5.74) is 2.19. The number of hydrogen-bond donors (Lipinski definition) is 0. The summed E-state index contributed by atoms with van der Waals surface area (Å²) in [6.07, 6.45) is -3.73. The van der Waals surface area contributed by atoms with Crippen molar-refractivity contribution >= 4 is 0 Å². The summed E-state index contributed by atoms with van der Waals surface area (Å²) < 4.78 is 64.8. The smallest absolute Gasteiger partial charge is 0.434 e. The Bertz CT molecular complexity index is 759. The molecule has 0 N–H and O–H groups in total. The zero-order chi connectivity index (χ0) is 16.8. The van der Waals surface area contributed by atoms with E-state index < -0.39 is 12.9 Å². The van der Waals surface area contributed by atoms with Crippen LogP contribution in [0.1, 0.15) is 11.1 Å². The van der Waals surface area contributed by atoms with Gasteiger partial charge in [-0.2, -0.15) is 8.78 Å². The molecule has 0 bridgehead atoms. The molecule has 0 spiro atoms. The van der Waals surface area contributed by atoms with Crippen LogP contribution >= 0.6 is 0 Å². The maximum atomic E-state index is 13.1. The molecule has 23 heavy (non-hydrogen) atoms. The van der Waals surface area contributed by atoms with Gasteiger partial charge >= 0.3 is 12.9 Å².